The molecule has 0 unspecified atom stereocenters. The lowest BCUT2D eigenvalue weighted by molar-refractivity contribution is -0.121. The number of hydrogen-bond acceptors (Lipinski definition) is 5. The first kappa shape index (κ1) is 20.1. The number of rotatable bonds is 8. The van der Waals surface area contributed by atoms with E-state index in [4.69, 9.17) is 14.2 Å². The maximum Gasteiger partial charge on any atom is 0.235 e. The van der Waals surface area contributed by atoms with Crippen LogP contribution in [-0.2, 0) is 14.9 Å². The van der Waals surface area contributed by atoms with E-state index >= 15 is 0 Å². The third-order valence-electron chi connectivity index (χ3n) is 5.35. The molecular formula is C22H28N2O4. The van der Waals surface area contributed by atoms with E-state index in [1.807, 2.05) is 37.3 Å². The molecule has 6 heteroatoms. The average Bonchev–Trinajstić information content (AvgIpc) is 3.21. The summed E-state index contributed by atoms with van der Waals surface area (Å²) in [6.07, 6.45) is 5.42. The summed E-state index contributed by atoms with van der Waals surface area (Å²) < 4.78 is 15.8. The summed E-state index contributed by atoms with van der Waals surface area (Å²) in [5, 5.41) is 3.07. The molecule has 1 fully saturated rings. The van der Waals surface area contributed by atoms with Gasteiger partial charge in [-0.15, -0.1) is 0 Å². The molecule has 1 aliphatic carbocycles. The van der Waals surface area contributed by atoms with E-state index in [1.165, 1.54) is 0 Å². The number of carbonyl (C=O) groups excluding carboxylic acids is 1. The van der Waals surface area contributed by atoms with Gasteiger partial charge in [-0.3, -0.25) is 4.79 Å². The maximum atomic E-state index is 13.3. The first-order valence-corrected chi connectivity index (χ1v) is 9.63. The first-order chi connectivity index (χ1) is 13.6. The van der Waals surface area contributed by atoms with E-state index in [-0.39, 0.29) is 5.91 Å². The number of methoxy groups -OCH3 is 2. The summed E-state index contributed by atoms with van der Waals surface area (Å²) in [5.41, 5.74) is 2.08. The zero-order valence-electron chi connectivity index (χ0n) is 16.8. The van der Waals surface area contributed by atoms with Crippen LogP contribution in [0.3, 0.4) is 0 Å². The fraction of sp³-hybridized carbons (Fsp3) is 0.455. The molecule has 1 aromatic carbocycles. The molecule has 1 aromatic heterocycles. The van der Waals surface area contributed by atoms with Crippen molar-refractivity contribution in [2.45, 2.75) is 38.0 Å². The van der Waals surface area contributed by atoms with Crippen LogP contribution in [0.25, 0.3) is 0 Å². The van der Waals surface area contributed by atoms with Crippen molar-refractivity contribution in [2.24, 2.45) is 0 Å². The van der Waals surface area contributed by atoms with Gasteiger partial charge in [0.1, 0.15) is 12.4 Å². The highest BCUT2D eigenvalue weighted by molar-refractivity contribution is 5.99. The van der Waals surface area contributed by atoms with Crippen LogP contribution in [0.5, 0.6) is 11.6 Å². The van der Waals surface area contributed by atoms with Crippen LogP contribution in [0.2, 0.25) is 0 Å². The van der Waals surface area contributed by atoms with Crippen molar-refractivity contribution >= 4 is 11.6 Å². The number of amides is 1. The minimum atomic E-state index is -0.506. The zero-order valence-corrected chi connectivity index (χ0v) is 16.8. The van der Waals surface area contributed by atoms with Crippen LogP contribution in [0.4, 0.5) is 5.69 Å². The standard InChI is InChI=1S/C22H28N2O4/c1-16-14-18(15-23-20(16)28-13-12-26-2)24-21(25)22(10-4-5-11-22)17-6-8-19(27-3)9-7-17/h6-9,14-15H,4-5,10-13H2,1-3H3,(H,24,25). The normalized spacial score (nSPS) is 15.2. The molecule has 150 valence electrons. The van der Waals surface area contributed by atoms with Gasteiger partial charge in [0.25, 0.3) is 0 Å². The minimum absolute atomic E-state index is 0.0180. The number of carbonyl (C=O) groups is 1. The van der Waals surface area contributed by atoms with E-state index in [2.05, 4.69) is 10.3 Å². The van der Waals surface area contributed by atoms with Gasteiger partial charge >= 0.3 is 0 Å². The molecule has 6 nitrogen and oxygen atoms in total. The zero-order chi connectivity index (χ0) is 20.0. The molecule has 1 heterocycles. The topological polar surface area (TPSA) is 69.7 Å². The second-order valence-corrected chi connectivity index (χ2v) is 7.16. The SMILES string of the molecule is COCCOc1ncc(NC(=O)C2(c3ccc(OC)cc3)CCCC2)cc1C. The highest BCUT2D eigenvalue weighted by Crippen LogP contribution is 2.42. The maximum absolute atomic E-state index is 13.3. The largest absolute Gasteiger partial charge is 0.497 e. The van der Waals surface area contributed by atoms with E-state index in [0.29, 0.717) is 24.8 Å². The quantitative estimate of drug-likeness (QED) is 0.700. The van der Waals surface area contributed by atoms with Crippen LogP contribution in [0, 0.1) is 6.92 Å². The van der Waals surface area contributed by atoms with Crippen molar-refractivity contribution in [1.82, 2.24) is 4.98 Å². The molecule has 3 rings (SSSR count). The van der Waals surface area contributed by atoms with Gasteiger partial charge in [-0.05, 0) is 43.5 Å². The second-order valence-electron chi connectivity index (χ2n) is 7.16. The Bertz CT molecular complexity index is 799. The number of pyridine rings is 1. The number of aryl methyl sites for hydroxylation is 1. The molecule has 0 radical (unpaired) electrons. The fourth-order valence-corrected chi connectivity index (χ4v) is 3.79. The molecule has 28 heavy (non-hydrogen) atoms. The third-order valence-corrected chi connectivity index (χ3v) is 5.35. The van der Waals surface area contributed by atoms with Crippen LogP contribution >= 0.6 is 0 Å². The third kappa shape index (κ3) is 4.28. The predicted molar refractivity (Wildman–Crippen MR) is 108 cm³/mol. The highest BCUT2D eigenvalue weighted by Gasteiger charge is 2.42. The Kier molecular flexibility index (Phi) is 6.52. The molecule has 0 bridgehead atoms. The van der Waals surface area contributed by atoms with E-state index in [1.54, 1.807) is 20.4 Å². The smallest absolute Gasteiger partial charge is 0.235 e. The van der Waals surface area contributed by atoms with Crippen molar-refractivity contribution < 1.29 is 19.0 Å². The number of nitrogens with one attached hydrogen (secondary N) is 1. The number of hydrogen-bond donors (Lipinski definition) is 1. The van der Waals surface area contributed by atoms with E-state index in [9.17, 15) is 4.79 Å². The number of aromatic nitrogens is 1. The highest BCUT2D eigenvalue weighted by atomic mass is 16.5. The Labute approximate surface area is 166 Å². The van der Waals surface area contributed by atoms with Crippen molar-refractivity contribution in [3.05, 3.63) is 47.7 Å². The van der Waals surface area contributed by atoms with Crippen molar-refractivity contribution in [2.75, 3.05) is 32.8 Å². The van der Waals surface area contributed by atoms with Gasteiger partial charge in [0.15, 0.2) is 0 Å². The number of benzene rings is 1. The molecule has 0 spiro atoms. The summed E-state index contributed by atoms with van der Waals surface area (Å²) >= 11 is 0. The Morgan fingerprint density at radius 2 is 1.86 bits per heavy atom. The molecular weight excluding hydrogens is 356 g/mol. The predicted octanol–water partition coefficient (Wildman–Crippen LogP) is 3.87. The number of anilines is 1. The lowest BCUT2D eigenvalue weighted by Crippen LogP contribution is -2.38. The van der Waals surface area contributed by atoms with Gasteiger partial charge in [0.05, 0.1) is 31.0 Å². The van der Waals surface area contributed by atoms with Crippen LogP contribution < -0.4 is 14.8 Å². The molecule has 0 aliphatic heterocycles. The summed E-state index contributed by atoms with van der Waals surface area (Å²) in [6.45, 7) is 2.86. The van der Waals surface area contributed by atoms with Crippen molar-refractivity contribution in [3.8, 4) is 11.6 Å². The van der Waals surface area contributed by atoms with Gasteiger partial charge < -0.3 is 19.5 Å². The Hall–Kier alpha value is -2.60. The van der Waals surface area contributed by atoms with Crippen LogP contribution in [0.15, 0.2) is 36.5 Å². The molecule has 1 N–H and O–H groups in total. The lowest BCUT2D eigenvalue weighted by Gasteiger charge is -2.28. The Balaban J connectivity index is 1.76. The molecule has 1 amide bonds. The molecule has 1 aliphatic rings. The Morgan fingerprint density at radius 3 is 2.46 bits per heavy atom. The van der Waals surface area contributed by atoms with E-state index in [0.717, 1.165) is 42.6 Å². The van der Waals surface area contributed by atoms with Gasteiger partial charge in [-0.2, -0.15) is 0 Å². The van der Waals surface area contributed by atoms with Gasteiger partial charge in [0, 0.05) is 12.7 Å². The second kappa shape index (κ2) is 9.06. The van der Waals surface area contributed by atoms with Gasteiger partial charge in [-0.1, -0.05) is 25.0 Å². The Morgan fingerprint density at radius 1 is 1.14 bits per heavy atom. The number of nitrogens with zero attached hydrogens (tertiary/aromatic N) is 1. The fourth-order valence-electron chi connectivity index (χ4n) is 3.79. The summed E-state index contributed by atoms with van der Waals surface area (Å²) in [4.78, 5) is 17.6. The summed E-state index contributed by atoms with van der Waals surface area (Å²) in [7, 11) is 3.27. The van der Waals surface area contributed by atoms with Crippen molar-refractivity contribution in [3.63, 3.8) is 0 Å². The van der Waals surface area contributed by atoms with Crippen LogP contribution in [-0.4, -0.2) is 38.3 Å². The van der Waals surface area contributed by atoms with Gasteiger partial charge in [0.2, 0.25) is 11.8 Å². The summed E-state index contributed by atoms with van der Waals surface area (Å²) in [5.74, 6) is 1.37. The average molecular weight is 384 g/mol. The number of ether oxygens (including phenoxy) is 3. The molecule has 0 atom stereocenters. The first-order valence-electron chi connectivity index (χ1n) is 9.63. The summed E-state index contributed by atoms with van der Waals surface area (Å²) in [6, 6.07) is 9.73. The van der Waals surface area contributed by atoms with Gasteiger partial charge in [-0.25, -0.2) is 4.98 Å². The van der Waals surface area contributed by atoms with Crippen molar-refractivity contribution in [1.29, 1.82) is 0 Å². The lowest BCUT2D eigenvalue weighted by atomic mass is 9.78. The molecule has 2 aromatic rings. The van der Waals surface area contributed by atoms with Crippen LogP contribution in [0.1, 0.15) is 36.8 Å². The molecule has 0 saturated heterocycles. The monoisotopic (exact) mass is 384 g/mol. The molecule has 1 saturated carbocycles. The minimum Gasteiger partial charge on any atom is -0.497 e. The van der Waals surface area contributed by atoms with E-state index < -0.39 is 5.41 Å².